The molecule has 2 aliphatic rings. The predicted molar refractivity (Wildman–Crippen MR) is 169 cm³/mol. The Morgan fingerprint density at radius 3 is 2.36 bits per heavy atom. The number of rotatable bonds is 9. The van der Waals surface area contributed by atoms with Gasteiger partial charge in [0.25, 0.3) is 17.7 Å². The summed E-state index contributed by atoms with van der Waals surface area (Å²) in [5, 5.41) is 0.674. The molecule has 0 aliphatic carbocycles. The van der Waals surface area contributed by atoms with Crippen molar-refractivity contribution >= 4 is 55.8 Å². The molecule has 0 bridgehead atoms. The first-order valence-electron chi connectivity index (χ1n) is 14.4. The van der Waals surface area contributed by atoms with Crippen molar-refractivity contribution in [3.63, 3.8) is 0 Å². The van der Waals surface area contributed by atoms with Crippen LogP contribution in [0.15, 0.2) is 66.9 Å². The number of H-pyrrole nitrogens is 1. The minimum Gasteiger partial charge on any atom is -0.372 e. The predicted octanol–water partition coefficient (Wildman–Crippen LogP) is 3.02. The molecule has 2 N–H and O–H groups in total. The van der Waals surface area contributed by atoms with Crippen molar-refractivity contribution in [2.45, 2.75) is 6.92 Å². The summed E-state index contributed by atoms with van der Waals surface area (Å²) in [6.07, 6.45) is 1.79. The second-order valence-electron chi connectivity index (χ2n) is 10.9. The van der Waals surface area contributed by atoms with Gasteiger partial charge >= 0.3 is 0 Å². The number of benzene rings is 2. The van der Waals surface area contributed by atoms with Crippen molar-refractivity contribution in [2.24, 2.45) is 0 Å². The number of piperazine rings is 1. The van der Waals surface area contributed by atoms with Crippen LogP contribution in [0.4, 0.5) is 17.2 Å². The van der Waals surface area contributed by atoms with Crippen LogP contribution in [0.25, 0.3) is 10.9 Å². The number of carbonyl (C=O) groups excluding carboxylic acids is 3. The monoisotopic (exact) mass is 615 g/mol. The van der Waals surface area contributed by atoms with Gasteiger partial charge in [-0.15, -0.1) is 0 Å². The van der Waals surface area contributed by atoms with E-state index in [1.54, 1.807) is 59.6 Å². The molecule has 0 spiro atoms. The number of sulfonamides is 1. The van der Waals surface area contributed by atoms with Gasteiger partial charge in [0.1, 0.15) is 5.69 Å². The summed E-state index contributed by atoms with van der Waals surface area (Å²) in [4.78, 5) is 53.4. The molecular formula is C31H33N7O5S. The third-order valence-electron chi connectivity index (χ3n) is 8.10. The average molecular weight is 616 g/mol. The van der Waals surface area contributed by atoms with Crippen molar-refractivity contribution in [2.75, 3.05) is 66.6 Å². The Bertz CT molecular complexity index is 1830. The van der Waals surface area contributed by atoms with E-state index >= 15 is 0 Å². The number of hydrogen-bond acceptors (Lipinski definition) is 8. The Labute approximate surface area is 255 Å². The standard InChI is InChI=1S/C31H33N7O5S/c1-3-35(2)27-9-6-12-32-28(27)36-13-15-37(16-14-36)31(41)26-20-21-19-22(10-11-25(21)33-26)34-44(42,43)18-17-38-29(39)23-7-4-5-8-24(23)30(38)40/h4-12,19-20,33-34H,3,13-18H2,1-2H3. The summed E-state index contributed by atoms with van der Waals surface area (Å²) in [6, 6.07) is 17.1. The van der Waals surface area contributed by atoms with E-state index in [4.69, 9.17) is 0 Å². The molecule has 0 saturated carbocycles. The lowest BCUT2D eigenvalue weighted by molar-refractivity contribution is 0.0662. The minimum absolute atomic E-state index is 0.129. The van der Waals surface area contributed by atoms with Gasteiger partial charge in [-0.25, -0.2) is 13.4 Å². The fourth-order valence-electron chi connectivity index (χ4n) is 5.59. The first-order valence-corrected chi connectivity index (χ1v) is 16.1. The summed E-state index contributed by atoms with van der Waals surface area (Å²) >= 11 is 0. The third kappa shape index (κ3) is 5.57. The molecule has 2 aromatic carbocycles. The number of aromatic nitrogens is 2. The molecule has 6 rings (SSSR count). The lowest BCUT2D eigenvalue weighted by Gasteiger charge is -2.36. The fourth-order valence-corrected chi connectivity index (χ4v) is 6.60. The number of pyridine rings is 1. The number of hydrogen-bond donors (Lipinski definition) is 2. The maximum absolute atomic E-state index is 13.4. The van der Waals surface area contributed by atoms with E-state index in [9.17, 15) is 22.8 Å². The van der Waals surface area contributed by atoms with E-state index in [0.717, 1.165) is 22.9 Å². The Morgan fingerprint density at radius 1 is 0.977 bits per heavy atom. The van der Waals surface area contributed by atoms with E-state index in [2.05, 4.69) is 37.5 Å². The molecule has 12 nitrogen and oxygen atoms in total. The van der Waals surface area contributed by atoms with Crippen molar-refractivity contribution in [1.82, 2.24) is 19.8 Å². The summed E-state index contributed by atoms with van der Waals surface area (Å²) in [5.74, 6) is -0.671. The fraction of sp³-hybridized carbons (Fsp3) is 0.290. The first-order chi connectivity index (χ1) is 21.1. The Morgan fingerprint density at radius 2 is 1.68 bits per heavy atom. The Kier molecular flexibility index (Phi) is 7.72. The van der Waals surface area contributed by atoms with E-state index in [-0.39, 0.29) is 23.6 Å². The van der Waals surface area contributed by atoms with Gasteiger partial charge in [-0.05, 0) is 55.5 Å². The molecule has 2 aliphatic heterocycles. The zero-order chi connectivity index (χ0) is 31.0. The molecule has 1 saturated heterocycles. The highest BCUT2D eigenvalue weighted by Crippen LogP contribution is 2.28. The second-order valence-corrected chi connectivity index (χ2v) is 12.7. The molecule has 0 atom stereocenters. The van der Waals surface area contributed by atoms with E-state index < -0.39 is 27.6 Å². The highest BCUT2D eigenvalue weighted by molar-refractivity contribution is 7.92. The van der Waals surface area contributed by atoms with Crippen molar-refractivity contribution in [3.8, 4) is 0 Å². The number of fused-ring (bicyclic) bond motifs is 2. The highest BCUT2D eigenvalue weighted by Gasteiger charge is 2.35. The number of aromatic amines is 1. The summed E-state index contributed by atoms with van der Waals surface area (Å²) in [6.45, 7) is 5.07. The lowest BCUT2D eigenvalue weighted by Crippen LogP contribution is -2.49. The van der Waals surface area contributed by atoms with Crippen LogP contribution in [0.1, 0.15) is 38.1 Å². The van der Waals surface area contributed by atoms with Gasteiger partial charge in [0, 0.05) is 69.1 Å². The van der Waals surface area contributed by atoms with Crippen LogP contribution in [0, 0.1) is 0 Å². The van der Waals surface area contributed by atoms with Crippen LogP contribution in [-0.2, 0) is 10.0 Å². The number of anilines is 3. The van der Waals surface area contributed by atoms with Crippen LogP contribution >= 0.6 is 0 Å². The van der Waals surface area contributed by atoms with Crippen molar-refractivity contribution in [1.29, 1.82) is 0 Å². The number of nitrogens with zero attached hydrogens (tertiary/aromatic N) is 5. The van der Waals surface area contributed by atoms with E-state index in [1.807, 2.05) is 13.1 Å². The van der Waals surface area contributed by atoms with Crippen molar-refractivity contribution < 1.29 is 22.8 Å². The van der Waals surface area contributed by atoms with Crippen LogP contribution < -0.4 is 14.5 Å². The zero-order valence-electron chi connectivity index (χ0n) is 24.5. The molecule has 2 aromatic heterocycles. The van der Waals surface area contributed by atoms with Crippen molar-refractivity contribution in [3.05, 3.63) is 83.7 Å². The largest absolute Gasteiger partial charge is 0.372 e. The lowest BCUT2D eigenvalue weighted by atomic mass is 10.1. The van der Waals surface area contributed by atoms with Gasteiger partial charge in [-0.1, -0.05) is 12.1 Å². The Hall–Kier alpha value is -4.91. The molecule has 228 valence electrons. The molecular weight excluding hydrogens is 582 g/mol. The normalized spacial score (nSPS) is 15.2. The van der Waals surface area contributed by atoms with E-state index in [1.165, 1.54) is 0 Å². The molecule has 4 heterocycles. The zero-order valence-corrected chi connectivity index (χ0v) is 25.3. The van der Waals surface area contributed by atoms with Crippen LogP contribution in [0.3, 0.4) is 0 Å². The average Bonchev–Trinajstić information content (AvgIpc) is 3.57. The van der Waals surface area contributed by atoms with Crippen LogP contribution in [-0.4, -0.2) is 98.0 Å². The highest BCUT2D eigenvalue weighted by atomic mass is 32.2. The Balaban J connectivity index is 1.08. The van der Waals surface area contributed by atoms with Gasteiger partial charge in [-0.3, -0.25) is 24.0 Å². The smallest absolute Gasteiger partial charge is 0.270 e. The van der Waals surface area contributed by atoms with Crippen LogP contribution in [0.2, 0.25) is 0 Å². The summed E-state index contributed by atoms with van der Waals surface area (Å²) in [7, 11) is -1.85. The third-order valence-corrected chi connectivity index (χ3v) is 9.37. The molecule has 44 heavy (non-hydrogen) atoms. The topological polar surface area (TPSA) is 139 Å². The maximum Gasteiger partial charge on any atom is 0.270 e. The van der Waals surface area contributed by atoms with Gasteiger partial charge in [0.15, 0.2) is 5.82 Å². The quantitative estimate of drug-likeness (QED) is 0.274. The number of imide groups is 1. The second kappa shape index (κ2) is 11.6. The summed E-state index contributed by atoms with van der Waals surface area (Å²) in [5.41, 5.74) is 3.03. The number of nitrogens with one attached hydrogen (secondary N) is 2. The molecule has 4 aromatic rings. The first kappa shape index (κ1) is 29.2. The van der Waals surface area contributed by atoms with Gasteiger partial charge in [-0.2, -0.15) is 0 Å². The van der Waals surface area contributed by atoms with Gasteiger partial charge in [0.05, 0.1) is 22.6 Å². The molecule has 0 unspecified atom stereocenters. The summed E-state index contributed by atoms with van der Waals surface area (Å²) < 4.78 is 28.2. The molecule has 3 amide bonds. The number of carbonyl (C=O) groups is 3. The van der Waals surface area contributed by atoms with E-state index in [0.29, 0.717) is 48.5 Å². The van der Waals surface area contributed by atoms with Gasteiger partial charge in [0.2, 0.25) is 10.0 Å². The molecule has 0 radical (unpaired) electrons. The van der Waals surface area contributed by atoms with Gasteiger partial charge < -0.3 is 19.7 Å². The molecule has 1 fully saturated rings. The van der Waals surface area contributed by atoms with Crippen LogP contribution in [0.5, 0.6) is 0 Å². The maximum atomic E-state index is 13.4. The number of amides is 3. The SMILES string of the molecule is CCN(C)c1cccnc1N1CCN(C(=O)c2cc3cc(NS(=O)(=O)CCN4C(=O)c5ccccc5C4=O)ccc3[nH]2)CC1. The molecule has 13 heteroatoms. The minimum atomic E-state index is -3.88.